The van der Waals surface area contributed by atoms with Gasteiger partial charge in [-0.15, -0.1) is 0 Å². The van der Waals surface area contributed by atoms with Gasteiger partial charge in [0.2, 0.25) is 5.91 Å². The van der Waals surface area contributed by atoms with Gasteiger partial charge in [0, 0.05) is 18.2 Å². The number of nitrogens with one attached hydrogen (secondary N) is 1. The van der Waals surface area contributed by atoms with Crippen LogP contribution >= 0.6 is 24.0 Å². The maximum atomic E-state index is 12.8. The van der Waals surface area contributed by atoms with Gasteiger partial charge in [-0.05, 0) is 36.4 Å². The van der Waals surface area contributed by atoms with Crippen LogP contribution in [0.4, 0.5) is 11.4 Å². The number of methoxy groups -OCH3 is 1. The van der Waals surface area contributed by atoms with Gasteiger partial charge in [-0.25, -0.2) is 0 Å². The molecule has 0 saturated carbocycles. The summed E-state index contributed by atoms with van der Waals surface area (Å²) < 4.78 is 5.79. The number of hydrogen-bond acceptors (Lipinski definition) is 5. The molecule has 1 saturated heterocycles. The van der Waals surface area contributed by atoms with Crippen molar-refractivity contribution in [3.63, 3.8) is 0 Å². The standard InChI is InChI=1S/C19H16N2O3S2/c1-12(22)20-14-7-9-15(10-8-14)21-18(23)17(26-19(21)25)11-13-5-3-4-6-16(13)24-2/h3-11H,1-2H3,(H,20,22). The first-order valence-corrected chi connectivity index (χ1v) is 9.00. The van der Waals surface area contributed by atoms with Crippen LogP contribution in [0.3, 0.4) is 0 Å². The number of nitrogens with zero attached hydrogens (tertiary/aromatic N) is 1. The third-order valence-corrected chi connectivity index (χ3v) is 4.97. The highest BCUT2D eigenvalue weighted by Crippen LogP contribution is 2.37. The zero-order chi connectivity index (χ0) is 18.7. The van der Waals surface area contributed by atoms with Crippen LogP contribution in [0.5, 0.6) is 5.75 Å². The number of rotatable bonds is 4. The Kier molecular flexibility index (Phi) is 5.39. The van der Waals surface area contributed by atoms with Gasteiger partial charge in [-0.1, -0.05) is 42.2 Å². The molecular formula is C19H16N2O3S2. The van der Waals surface area contributed by atoms with Crippen molar-refractivity contribution < 1.29 is 14.3 Å². The van der Waals surface area contributed by atoms with Crippen molar-refractivity contribution in [2.24, 2.45) is 0 Å². The number of amides is 2. The molecule has 1 heterocycles. The van der Waals surface area contributed by atoms with Gasteiger partial charge >= 0.3 is 0 Å². The van der Waals surface area contributed by atoms with Gasteiger partial charge in [-0.3, -0.25) is 14.5 Å². The summed E-state index contributed by atoms with van der Waals surface area (Å²) in [4.78, 5) is 25.9. The Hall–Kier alpha value is -2.64. The van der Waals surface area contributed by atoms with E-state index in [-0.39, 0.29) is 11.8 Å². The molecule has 3 rings (SSSR count). The molecule has 2 aromatic rings. The van der Waals surface area contributed by atoms with E-state index in [1.54, 1.807) is 37.5 Å². The predicted molar refractivity (Wildman–Crippen MR) is 109 cm³/mol. The van der Waals surface area contributed by atoms with Crippen molar-refractivity contribution >= 4 is 57.6 Å². The normalized spacial score (nSPS) is 15.5. The summed E-state index contributed by atoms with van der Waals surface area (Å²) in [6.45, 7) is 1.44. The zero-order valence-electron chi connectivity index (χ0n) is 14.2. The van der Waals surface area contributed by atoms with Crippen LogP contribution in [0.15, 0.2) is 53.4 Å². The molecule has 2 aromatic carbocycles. The highest BCUT2D eigenvalue weighted by molar-refractivity contribution is 8.27. The van der Waals surface area contributed by atoms with Gasteiger partial charge in [0.15, 0.2) is 4.32 Å². The first-order chi connectivity index (χ1) is 12.5. The number of carbonyl (C=O) groups is 2. The van der Waals surface area contributed by atoms with Crippen LogP contribution in [0.2, 0.25) is 0 Å². The topological polar surface area (TPSA) is 58.6 Å². The Labute approximate surface area is 161 Å². The first kappa shape index (κ1) is 18.2. The van der Waals surface area contributed by atoms with E-state index in [9.17, 15) is 9.59 Å². The summed E-state index contributed by atoms with van der Waals surface area (Å²) in [6.07, 6.45) is 1.78. The van der Waals surface area contributed by atoms with Crippen molar-refractivity contribution in [3.8, 4) is 5.75 Å². The number of ether oxygens (including phenoxy) is 1. The second kappa shape index (κ2) is 7.72. The molecule has 1 fully saturated rings. The summed E-state index contributed by atoms with van der Waals surface area (Å²) >= 11 is 6.63. The lowest BCUT2D eigenvalue weighted by atomic mass is 10.2. The van der Waals surface area contributed by atoms with E-state index < -0.39 is 0 Å². The Balaban J connectivity index is 1.87. The maximum absolute atomic E-state index is 12.8. The van der Waals surface area contributed by atoms with Crippen LogP contribution < -0.4 is 15.0 Å². The monoisotopic (exact) mass is 384 g/mol. The number of thioether (sulfide) groups is 1. The van der Waals surface area contributed by atoms with E-state index in [1.807, 2.05) is 24.3 Å². The third-order valence-electron chi connectivity index (χ3n) is 3.67. The molecule has 0 unspecified atom stereocenters. The molecule has 1 N–H and O–H groups in total. The summed E-state index contributed by atoms with van der Waals surface area (Å²) in [5.74, 6) is 0.360. The number of carbonyl (C=O) groups excluding carboxylic acids is 2. The SMILES string of the molecule is COc1ccccc1C=C1SC(=S)N(c2ccc(NC(C)=O)cc2)C1=O. The van der Waals surface area contributed by atoms with Gasteiger partial charge in [0.05, 0.1) is 17.7 Å². The highest BCUT2D eigenvalue weighted by atomic mass is 32.2. The van der Waals surface area contributed by atoms with Crippen LogP contribution in [-0.4, -0.2) is 23.2 Å². The lowest BCUT2D eigenvalue weighted by molar-refractivity contribution is -0.114. The van der Waals surface area contributed by atoms with Gasteiger partial charge in [0.1, 0.15) is 5.75 Å². The van der Waals surface area contributed by atoms with Crippen LogP contribution in [0.1, 0.15) is 12.5 Å². The maximum Gasteiger partial charge on any atom is 0.270 e. The number of benzene rings is 2. The van der Waals surface area contributed by atoms with Crippen LogP contribution in [-0.2, 0) is 9.59 Å². The van der Waals surface area contributed by atoms with Crippen molar-refractivity contribution in [3.05, 3.63) is 59.0 Å². The van der Waals surface area contributed by atoms with Crippen LogP contribution in [0, 0.1) is 0 Å². The summed E-state index contributed by atoms with van der Waals surface area (Å²) in [5.41, 5.74) is 2.14. The molecule has 0 aromatic heterocycles. The Bertz CT molecular complexity index is 907. The second-order valence-corrected chi connectivity index (χ2v) is 7.16. The van der Waals surface area contributed by atoms with Crippen molar-refractivity contribution in [1.29, 1.82) is 0 Å². The summed E-state index contributed by atoms with van der Waals surface area (Å²) in [6, 6.07) is 14.5. The quantitative estimate of drug-likeness (QED) is 0.636. The molecule has 0 atom stereocenters. The Morgan fingerprint density at radius 3 is 2.54 bits per heavy atom. The molecule has 5 nitrogen and oxygen atoms in total. The smallest absolute Gasteiger partial charge is 0.270 e. The number of para-hydroxylation sites is 1. The van der Waals surface area contributed by atoms with Gasteiger partial charge < -0.3 is 10.1 Å². The predicted octanol–water partition coefficient (Wildman–Crippen LogP) is 4.06. The third kappa shape index (κ3) is 3.79. The van der Waals surface area contributed by atoms with E-state index in [0.717, 1.165) is 5.56 Å². The average Bonchev–Trinajstić information content (AvgIpc) is 2.89. The second-order valence-electron chi connectivity index (χ2n) is 5.49. The fourth-order valence-corrected chi connectivity index (χ4v) is 3.80. The van der Waals surface area contributed by atoms with Gasteiger partial charge in [0.25, 0.3) is 5.91 Å². The van der Waals surface area contributed by atoms with Crippen molar-refractivity contribution in [1.82, 2.24) is 0 Å². The van der Waals surface area contributed by atoms with Crippen molar-refractivity contribution in [2.45, 2.75) is 6.92 Å². The number of hydrogen-bond donors (Lipinski definition) is 1. The van der Waals surface area contributed by atoms with Crippen LogP contribution in [0.25, 0.3) is 6.08 Å². The number of thiocarbonyl (C=S) groups is 1. The van der Waals surface area contributed by atoms with Gasteiger partial charge in [-0.2, -0.15) is 0 Å². The largest absolute Gasteiger partial charge is 0.496 e. The molecule has 0 radical (unpaired) electrons. The molecule has 1 aliphatic rings. The van der Waals surface area contributed by atoms with E-state index in [2.05, 4.69) is 5.32 Å². The number of anilines is 2. The molecular weight excluding hydrogens is 368 g/mol. The highest BCUT2D eigenvalue weighted by Gasteiger charge is 2.33. The fourth-order valence-electron chi connectivity index (χ4n) is 2.51. The first-order valence-electron chi connectivity index (χ1n) is 7.78. The minimum atomic E-state index is -0.182. The molecule has 1 aliphatic heterocycles. The summed E-state index contributed by atoms with van der Waals surface area (Å²) in [5, 5.41) is 2.69. The molecule has 2 amide bonds. The average molecular weight is 384 g/mol. The molecule has 7 heteroatoms. The molecule has 0 spiro atoms. The minimum Gasteiger partial charge on any atom is -0.496 e. The molecule has 132 valence electrons. The molecule has 0 bridgehead atoms. The van der Waals surface area contributed by atoms with Crippen molar-refractivity contribution in [2.75, 3.05) is 17.3 Å². The van der Waals surface area contributed by atoms with E-state index in [4.69, 9.17) is 17.0 Å². The lowest BCUT2D eigenvalue weighted by Crippen LogP contribution is -2.27. The Morgan fingerprint density at radius 2 is 1.88 bits per heavy atom. The zero-order valence-corrected chi connectivity index (χ0v) is 15.8. The van der Waals surface area contributed by atoms with E-state index in [0.29, 0.717) is 26.3 Å². The molecule has 26 heavy (non-hydrogen) atoms. The van der Waals surface area contributed by atoms with E-state index >= 15 is 0 Å². The Morgan fingerprint density at radius 1 is 1.19 bits per heavy atom. The fraction of sp³-hybridized carbons (Fsp3) is 0.105. The summed E-state index contributed by atoms with van der Waals surface area (Å²) in [7, 11) is 1.59. The van der Waals surface area contributed by atoms with E-state index in [1.165, 1.54) is 23.6 Å². The molecule has 0 aliphatic carbocycles. The lowest BCUT2D eigenvalue weighted by Gasteiger charge is -2.15. The minimum absolute atomic E-state index is 0.150.